The normalized spacial score (nSPS) is 11.7. The molecule has 5 rings (SSSR count). The van der Waals surface area contributed by atoms with Crippen molar-refractivity contribution in [1.82, 2.24) is 15.0 Å². The predicted molar refractivity (Wildman–Crippen MR) is 145 cm³/mol. The van der Waals surface area contributed by atoms with Crippen molar-refractivity contribution in [3.8, 4) is 0 Å². The number of nitrogens with zero attached hydrogens (tertiary/aromatic N) is 4. The molecule has 184 valence electrons. The van der Waals surface area contributed by atoms with Crippen LogP contribution in [0, 0.1) is 13.8 Å². The average Bonchev–Trinajstić information content (AvgIpc) is 3.33. The highest BCUT2D eigenvalue weighted by Gasteiger charge is 2.33. The monoisotopic (exact) mass is 489 g/mol. The Kier molecular flexibility index (Phi) is 6.76. The number of carbonyl (C=O) groups is 2. The van der Waals surface area contributed by atoms with Gasteiger partial charge in [-0.3, -0.25) is 14.5 Å². The summed E-state index contributed by atoms with van der Waals surface area (Å²) in [7, 11) is 0. The first kappa shape index (κ1) is 23.9. The van der Waals surface area contributed by atoms with Crippen molar-refractivity contribution >= 4 is 34.2 Å². The minimum atomic E-state index is -0.912. The number of aryl methyl sites for hydroxylation is 2. The fraction of sp³-hybridized carbons (Fsp3) is 0.133. The molecule has 0 radical (unpaired) electrons. The number of carbonyl (C=O) groups excluding carboxylic acids is 2. The van der Waals surface area contributed by atoms with Crippen molar-refractivity contribution < 1.29 is 9.59 Å². The molecule has 5 aromatic rings. The Hall–Kier alpha value is -4.78. The summed E-state index contributed by atoms with van der Waals surface area (Å²) in [5.41, 5.74) is 5.42. The van der Waals surface area contributed by atoms with E-state index in [1.165, 1.54) is 0 Å². The summed E-state index contributed by atoms with van der Waals surface area (Å²) in [6, 6.07) is 31.0. The Balaban J connectivity index is 1.58. The number of hydrogen-bond donors (Lipinski definition) is 1. The predicted octanol–water partition coefficient (Wildman–Crippen LogP) is 5.46. The van der Waals surface area contributed by atoms with Crippen LogP contribution in [-0.2, 0) is 16.1 Å². The smallest absolute Gasteiger partial charge is 0.252 e. The van der Waals surface area contributed by atoms with Crippen LogP contribution in [0.15, 0.2) is 103 Å². The van der Waals surface area contributed by atoms with Gasteiger partial charge in [-0.15, -0.1) is 5.10 Å². The summed E-state index contributed by atoms with van der Waals surface area (Å²) in [4.78, 5) is 29.6. The van der Waals surface area contributed by atoms with Crippen molar-refractivity contribution in [3.05, 3.63) is 120 Å². The van der Waals surface area contributed by atoms with Crippen molar-refractivity contribution in [1.29, 1.82) is 0 Å². The molecule has 0 spiro atoms. The molecule has 0 saturated carbocycles. The lowest BCUT2D eigenvalue weighted by Crippen LogP contribution is -2.43. The maximum absolute atomic E-state index is 14.0. The number of fused-ring (bicyclic) bond motifs is 1. The van der Waals surface area contributed by atoms with Gasteiger partial charge in [0.1, 0.15) is 18.1 Å². The van der Waals surface area contributed by atoms with Crippen molar-refractivity contribution in [3.63, 3.8) is 0 Å². The van der Waals surface area contributed by atoms with Gasteiger partial charge in [-0.05, 0) is 54.8 Å². The standard InChI is InChI=1S/C30H27N5O2/c1-21-12-11-13-22(2)28(21)31-30(37)29(23-14-5-3-6-15-23)35(24-16-7-4-8-17-24)27(36)20-34-26-19-10-9-18-25(26)32-33-34/h3-19,29H,20H2,1-2H3,(H,31,37)/t29-/m1/s1. The van der Waals surface area contributed by atoms with Crippen LogP contribution in [0.3, 0.4) is 0 Å². The number of aromatic nitrogens is 3. The Bertz CT molecular complexity index is 1530. The van der Waals surface area contributed by atoms with E-state index in [1.54, 1.807) is 9.58 Å². The van der Waals surface area contributed by atoms with Gasteiger partial charge >= 0.3 is 0 Å². The molecule has 0 aliphatic rings. The first-order valence-electron chi connectivity index (χ1n) is 12.1. The Morgan fingerprint density at radius 2 is 1.43 bits per heavy atom. The minimum absolute atomic E-state index is 0.0740. The molecule has 0 unspecified atom stereocenters. The molecule has 0 fully saturated rings. The Labute approximate surface area is 215 Å². The van der Waals surface area contributed by atoms with Crippen LogP contribution in [0.4, 0.5) is 11.4 Å². The zero-order valence-electron chi connectivity index (χ0n) is 20.7. The van der Waals surface area contributed by atoms with Gasteiger partial charge in [0.25, 0.3) is 5.91 Å². The van der Waals surface area contributed by atoms with E-state index < -0.39 is 6.04 Å². The van der Waals surface area contributed by atoms with Gasteiger partial charge in [-0.1, -0.05) is 84.1 Å². The SMILES string of the molecule is Cc1cccc(C)c1NC(=O)[C@@H](c1ccccc1)N(C(=O)Cn1nnc2ccccc21)c1ccccc1. The first-order chi connectivity index (χ1) is 18.0. The number of rotatable bonds is 7. The van der Waals surface area contributed by atoms with E-state index in [4.69, 9.17) is 0 Å². The van der Waals surface area contributed by atoms with Gasteiger partial charge in [0.2, 0.25) is 5.91 Å². The zero-order chi connectivity index (χ0) is 25.8. The summed E-state index contributed by atoms with van der Waals surface area (Å²) in [5, 5.41) is 11.5. The molecule has 1 atom stereocenters. The number of amides is 2. The lowest BCUT2D eigenvalue weighted by atomic mass is 10.0. The van der Waals surface area contributed by atoms with Crippen molar-refractivity contribution in [2.45, 2.75) is 26.4 Å². The maximum atomic E-state index is 14.0. The van der Waals surface area contributed by atoms with E-state index >= 15 is 0 Å². The minimum Gasteiger partial charge on any atom is -0.323 e. The molecule has 7 nitrogen and oxygen atoms in total. The van der Waals surface area contributed by atoms with E-state index in [-0.39, 0.29) is 18.4 Å². The molecule has 0 bridgehead atoms. The van der Waals surface area contributed by atoms with Gasteiger partial charge in [0.15, 0.2) is 0 Å². The Morgan fingerprint density at radius 3 is 2.14 bits per heavy atom. The molecule has 0 aliphatic carbocycles. The molecular formula is C30H27N5O2. The largest absolute Gasteiger partial charge is 0.323 e. The highest BCUT2D eigenvalue weighted by atomic mass is 16.2. The third-order valence-electron chi connectivity index (χ3n) is 6.36. The van der Waals surface area contributed by atoms with Crippen LogP contribution in [0.25, 0.3) is 11.0 Å². The fourth-order valence-corrected chi connectivity index (χ4v) is 4.52. The summed E-state index contributed by atoms with van der Waals surface area (Å²) in [5.74, 6) is -0.586. The van der Waals surface area contributed by atoms with Crippen LogP contribution in [-0.4, -0.2) is 26.8 Å². The topological polar surface area (TPSA) is 80.1 Å². The van der Waals surface area contributed by atoms with Gasteiger partial charge < -0.3 is 5.32 Å². The lowest BCUT2D eigenvalue weighted by molar-refractivity contribution is -0.124. The maximum Gasteiger partial charge on any atom is 0.252 e. The second kappa shape index (κ2) is 10.5. The molecule has 0 aliphatic heterocycles. The zero-order valence-corrected chi connectivity index (χ0v) is 20.7. The Morgan fingerprint density at radius 1 is 0.811 bits per heavy atom. The summed E-state index contributed by atoms with van der Waals surface area (Å²) in [6.45, 7) is 3.83. The van der Waals surface area contributed by atoms with E-state index in [0.717, 1.165) is 22.3 Å². The molecule has 2 amide bonds. The number of para-hydroxylation sites is 3. The molecule has 37 heavy (non-hydrogen) atoms. The number of nitrogens with one attached hydrogen (secondary N) is 1. The van der Waals surface area contributed by atoms with Crippen LogP contribution in [0.5, 0.6) is 0 Å². The van der Waals surface area contributed by atoms with Crippen molar-refractivity contribution in [2.75, 3.05) is 10.2 Å². The average molecular weight is 490 g/mol. The third-order valence-corrected chi connectivity index (χ3v) is 6.36. The number of hydrogen-bond acceptors (Lipinski definition) is 4. The van der Waals surface area contributed by atoms with Crippen LogP contribution >= 0.6 is 0 Å². The molecule has 1 heterocycles. The van der Waals surface area contributed by atoms with Gasteiger partial charge in [0, 0.05) is 11.4 Å². The van der Waals surface area contributed by atoms with Gasteiger partial charge in [-0.2, -0.15) is 0 Å². The van der Waals surface area contributed by atoms with Gasteiger partial charge in [0.05, 0.1) is 5.52 Å². The summed E-state index contributed by atoms with van der Waals surface area (Å²) < 4.78 is 1.57. The van der Waals surface area contributed by atoms with E-state index in [0.29, 0.717) is 16.8 Å². The molecule has 1 aromatic heterocycles. The molecule has 1 N–H and O–H groups in total. The lowest BCUT2D eigenvalue weighted by Gasteiger charge is -2.32. The number of anilines is 2. The quantitative estimate of drug-likeness (QED) is 0.329. The van der Waals surface area contributed by atoms with E-state index in [1.807, 2.05) is 117 Å². The second-order valence-corrected chi connectivity index (χ2v) is 8.90. The summed E-state index contributed by atoms with van der Waals surface area (Å²) in [6.07, 6.45) is 0. The van der Waals surface area contributed by atoms with Gasteiger partial charge in [-0.25, -0.2) is 4.68 Å². The molecular weight excluding hydrogens is 462 g/mol. The van der Waals surface area contributed by atoms with Crippen molar-refractivity contribution in [2.24, 2.45) is 0 Å². The highest BCUT2D eigenvalue weighted by Crippen LogP contribution is 2.30. The fourth-order valence-electron chi connectivity index (χ4n) is 4.52. The van der Waals surface area contributed by atoms with E-state index in [2.05, 4.69) is 15.6 Å². The number of benzene rings is 4. The molecule has 7 heteroatoms. The summed E-state index contributed by atoms with van der Waals surface area (Å²) >= 11 is 0. The van der Waals surface area contributed by atoms with E-state index in [9.17, 15) is 9.59 Å². The third kappa shape index (κ3) is 4.97. The van der Waals surface area contributed by atoms with Crippen LogP contribution in [0.2, 0.25) is 0 Å². The second-order valence-electron chi connectivity index (χ2n) is 8.90. The molecule has 0 saturated heterocycles. The first-order valence-corrected chi connectivity index (χ1v) is 12.1. The highest BCUT2D eigenvalue weighted by molar-refractivity contribution is 6.06. The van der Waals surface area contributed by atoms with Crippen LogP contribution in [0.1, 0.15) is 22.7 Å². The molecule has 4 aromatic carbocycles. The van der Waals surface area contributed by atoms with Crippen LogP contribution < -0.4 is 10.2 Å².